The highest BCUT2D eigenvalue weighted by atomic mass is 79.9. The quantitative estimate of drug-likeness (QED) is 0.927. The van der Waals surface area contributed by atoms with Gasteiger partial charge in [0.15, 0.2) is 0 Å². The van der Waals surface area contributed by atoms with Gasteiger partial charge in [0.1, 0.15) is 16.4 Å². The second-order valence-electron chi connectivity index (χ2n) is 3.90. The zero-order chi connectivity index (χ0) is 12.3. The van der Waals surface area contributed by atoms with Gasteiger partial charge < -0.3 is 9.72 Å². The molecule has 4 nitrogen and oxygen atoms in total. The Morgan fingerprint density at radius 3 is 2.56 bits per heavy atom. The number of nitrogens with one attached hydrogen (secondary N) is 1. The third-order valence-electron chi connectivity index (χ3n) is 2.26. The first-order chi connectivity index (χ1) is 7.47. The Bertz CT molecular complexity index is 415. The van der Waals surface area contributed by atoms with Crippen LogP contribution in [0.2, 0.25) is 0 Å². The van der Waals surface area contributed by atoms with Gasteiger partial charge in [0.05, 0.1) is 5.69 Å². The molecule has 0 aromatic carbocycles. The van der Waals surface area contributed by atoms with Crippen molar-refractivity contribution in [3.05, 3.63) is 26.3 Å². The molecule has 1 rings (SSSR count). The summed E-state index contributed by atoms with van der Waals surface area (Å²) in [5.74, 6) is 0.781. The van der Waals surface area contributed by atoms with Crippen LogP contribution in [0.15, 0.2) is 9.27 Å². The van der Waals surface area contributed by atoms with Crippen LogP contribution in [0.5, 0.6) is 0 Å². The number of hydrogen-bond acceptors (Lipinski definition) is 3. The van der Waals surface area contributed by atoms with E-state index in [0.29, 0.717) is 16.9 Å². The molecule has 0 saturated carbocycles. The van der Waals surface area contributed by atoms with Crippen LogP contribution in [0.4, 0.5) is 0 Å². The van der Waals surface area contributed by atoms with Crippen LogP contribution >= 0.6 is 15.9 Å². The largest absolute Gasteiger partial charge is 0.371 e. The number of nitrogens with zero attached hydrogens (tertiary/aromatic N) is 1. The monoisotopic (exact) mass is 288 g/mol. The topological polar surface area (TPSA) is 55.0 Å². The van der Waals surface area contributed by atoms with Crippen LogP contribution in [-0.4, -0.2) is 16.6 Å². The van der Waals surface area contributed by atoms with Crippen molar-refractivity contribution in [3.8, 4) is 0 Å². The van der Waals surface area contributed by atoms with E-state index >= 15 is 0 Å². The molecule has 0 amide bonds. The first-order valence-electron chi connectivity index (χ1n) is 5.38. The summed E-state index contributed by atoms with van der Waals surface area (Å²) < 4.78 is 5.92. The lowest BCUT2D eigenvalue weighted by molar-refractivity contribution is 0.0696. The van der Waals surface area contributed by atoms with E-state index in [1.54, 1.807) is 0 Å². The van der Waals surface area contributed by atoms with Crippen molar-refractivity contribution in [3.63, 3.8) is 0 Å². The minimum Gasteiger partial charge on any atom is -0.371 e. The average Bonchev–Trinajstić information content (AvgIpc) is 2.21. The number of rotatable bonds is 4. The number of hydrogen-bond donors (Lipinski definition) is 1. The van der Waals surface area contributed by atoms with Crippen molar-refractivity contribution in [2.24, 2.45) is 0 Å². The second kappa shape index (κ2) is 5.59. The summed E-state index contributed by atoms with van der Waals surface area (Å²) in [4.78, 5) is 18.8. The third-order valence-corrected chi connectivity index (χ3v) is 3.02. The van der Waals surface area contributed by atoms with Crippen LogP contribution in [0.25, 0.3) is 0 Å². The van der Waals surface area contributed by atoms with E-state index in [2.05, 4.69) is 25.9 Å². The maximum atomic E-state index is 11.7. The number of halogens is 1. The smallest absolute Gasteiger partial charge is 0.265 e. The van der Waals surface area contributed by atoms with E-state index in [9.17, 15) is 4.79 Å². The fourth-order valence-electron chi connectivity index (χ4n) is 1.40. The van der Waals surface area contributed by atoms with Gasteiger partial charge in [0.25, 0.3) is 5.56 Å². The minimum absolute atomic E-state index is 0.153. The predicted molar refractivity (Wildman–Crippen MR) is 66.7 cm³/mol. The lowest BCUT2D eigenvalue weighted by Crippen LogP contribution is -2.18. The summed E-state index contributed by atoms with van der Waals surface area (Å²) in [7, 11) is 0. The van der Waals surface area contributed by atoms with Gasteiger partial charge in [0.2, 0.25) is 0 Å². The van der Waals surface area contributed by atoms with Crippen LogP contribution in [0, 0.1) is 0 Å². The highest BCUT2D eigenvalue weighted by molar-refractivity contribution is 9.10. The Balaban J connectivity index is 3.18. The molecule has 1 heterocycles. The van der Waals surface area contributed by atoms with Crippen molar-refractivity contribution in [1.82, 2.24) is 9.97 Å². The average molecular weight is 289 g/mol. The molecular weight excluding hydrogens is 272 g/mol. The molecule has 0 spiro atoms. The SMILES string of the molecule is CCOC(C)c1nc(C(C)C)c(Br)c(=O)[nH]1. The summed E-state index contributed by atoms with van der Waals surface area (Å²) in [6.07, 6.45) is -0.191. The third kappa shape index (κ3) is 2.92. The van der Waals surface area contributed by atoms with Crippen molar-refractivity contribution in [2.75, 3.05) is 6.61 Å². The summed E-state index contributed by atoms with van der Waals surface area (Å²) in [5.41, 5.74) is 0.616. The van der Waals surface area contributed by atoms with Crippen molar-refractivity contribution in [2.45, 2.75) is 39.7 Å². The Labute approximate surface area is 104 Å². The summed E-state index contributed by atoms with van der Waals surface area (Å²) >= 11 is 3.26. The number of aromatic nitrogens is 2. The fourth-order valence-corrected chi connectivity index (χ4v) is 2.04. The molecule has 0 bridgehead atoms. The van der Waals surface area contributed by atoms with Gasteiger partial charge in [-0.1, -0.05) is 13.8 Å². The molecule has 1 aromatic heterocycles. The van der Waals surface area contributed by atoms with Gasteiger partial charge in [-0.05, 0) is 35.7 Å². The molecule has 0 radical (unpaired) electrons. The van der Waals surface area contributed by atoms with Gasteiger partial charge in [-0.2, -0.15) is 0 Å². The van der Waals surface area contributed by atoms with Gasteiger partial charge in [0, 0.05) is 6.61 Å². The fraction of sp³-hybridized carbons (Fsp3) is 0.636. The molecule has 0 saturated heterocycles. The Morgan fingerprint density at radius 1 is 1.44 bits per heavy atom. The lowest BCUT2D eigenvalue weighted by atomic mass is 10.1. The van der Waals surface area contributed by atoms with Crippen LogP contribution in [0.1, 0.15) is 51.2 Å². The van der Waals surface area contributed by atoms with E-state index in [0.717, 1.165) is 5.69 Å². The summed E-state index contributed by atoms with van der Waals surface area (Å²) in [6, 6.07) is 0. The van der Waals surface area contributed by atoms with E-state index in [4.69, 9.17) is 4.74 Å². The normalized spacial score (nSPS) is 13.1. The van der Waals surface area contributed by atoms with Crippen molar-refractivity contribution < 1.29 is 4.74 Å². The Kier molecular flexibility index (Phi) is 4.68. The first kappa shape index (κ1) is 13.4. The van der Waals surface area contributed by atoms with E-state index in [1.165, 1.54) is 0 Å². The number of H-pyrrole nitrogens is 1. The standard InChI is InChI=1S/C11H17BrN2O2/c1-5-16-7(4)10-13-9(6(2)3)8(12)11(15)14-10/h6-7H,5H2,1-4H3,(H,13,14,15). The molecule has 0 fully saturated rings. The zero-order valence-electron chi connectivity index (χ0n) is 10.0. The predicted octanol–water partition coefficient (Wildman–Crippen LogP) is 2.75. The van der Waals surface area contributed by atoms with Crippen LogP contribution in [0.3, 0.4) is 0 Å². The highest BCUT2D eigenvalue weighted by Gasteiger charge is 2.15. The molecular formula is C11H17BrN2O2. The molecule has 1 atom stereocenters. The molecule has 90 valence electrons. The summed E-state index contributed by atoms with van der Waals surface area (Å²) in [6.45, 7) is 8.39. The molecule has 16 heavy (non-hydrogen) atoms. The van der Waals surface area contributed by atoms with Gasteiger partial charge in [-0.3, -0.25) is 4.79 Å². The molecule has 1 unspecified atom stereocenters. The molecule has 5 heteroatoms. The van der Waals surface area contributed by atoms with Gasteiger partial charge >= 0.3 is 0 Å². The van der Waals surface area contributed by atoms with E-state index in [-0.39, 0.29) is 17.6 Å². The minimum atomic E-state index is -0.191. The molecule has 0 aliphatic heterocycles. The molecule has 0 aliphatic rings. The van der Waals surface area contributed by atoms with Gasteiger partial charge in [-0.15, -0.1) is 0 Å². The van der Waals surface area contributed by atoms with Gasteiger partial charge in [-0.25, -0.2) is 4.98 Å². The molecule has 1 aromatic rings. The van der Waals surface area contributed by atoms with Crippen molar-refractivity contribution in [1.29, 1.82) is 0 Å². The van der Waals surface area contributed by atoms with Crippen LogP contribution in [-0.2, 0) is 4.74 Å². The molecule has 0 aliphatic carbocycles. The maximum absolute atomic E-state index is 11.7. The zero-order valence-corrected chi connectivity index (χ0v) is 11.6. The first-order valence-corrected chi connectivity index (χ1v) is 6.17. The van der Waals surface area contributed by atoms with Crippen LogP contribution < -0.4 is 5.56 Å². The Morgan fingerprint density at radius 2 is 2.06 bits per heavy atom. The highest BCUT2D eigenvalue weighted by Crippen LogP contribution is 2.21. The van der Waals surface area contributed by atoms with E-state index < -0.39 is 0 Å². The summed E-state index contributed by atoms with van der Waals surface area (Å²) in [5, 5.41) is 0. The Hall–Kier alpha value is -0.680. The second-order valence-corrected chi connectivity index (χ2v) is 4.70. The maximum Gasteiger partial charge on any atom is 0.265 e. The number of aromatic amines is 1. The van der Waals surface area contributed by atoms with E-state index in [1.807, 2.05) is 27.7 Å². The van der Waals surface area contributed by atoms with Crippen molar-refractivity contribution >= 4 is 15.9 Å². The number of ether oxygens (including phenoxy) is 1. The lowest BCUT2D eigenvalue weighted by Gasteiger charge is -2.14. The molecule has 1 N–H and O–H groups in total.